The number of rotatable bonds is 14. The Kier molecular flexibility index (Phi) is 18.2. The lowest BCUT2D eigenvalue weighted by Crippen LogP contribution is -2.21. The fraction of sp³-hybridized carbons (Fsp3) is 0.206. The maximum absolute atomic E-state index is 5.03. The second-order valence-electron chi connectivity index (χ2n) is 16.7. The van der Waals surface area contributed by atoms with Crippen LogP contribution in [0.1, 0.15) is 99.7 Å². The van der Waals surface area contributed by atoms with Crippen LogP contribution in [0.2, 0.25) is 0 Å². The molecule has 1 unspecified atom stereocenters. The lowest BCUT2D eigenvalue weighted by Gasteiger charge is -2.33. The van der Waals surface area contributed by atoms with Gasteiger partial charge in [0.05, 0.1) is 18.0 Å². The summed E-state index contributed by atoms with van der Waals surface area (Å²) in [6, 6.07) is 51.4. The normalized spacial score (nSPS) is 13.4. The van der Waals surface area contributed by atoms with Crippen molar-refractivity contribution in [3.63, 3.8) is 0 Å². The third-order valence-corrected chi connectivity index (χ3v) is 12.0. The Hall–Kier alpha value is -7.30. The third kappa shape index (κ3) is 12.3. The largest absolute Gasteiger partial charge is 0.337 e. The van der Waals surface area contributed by atoms with Crippen LogP contribution < -0.4 is 9.80 Å². The van der Waals surface area contributed by atoms with Gasteiger partial charge in [-0.05, 0) is 135 Å². The van der Waals surface area contributed by atoms with Crippen LogP contribution >= 0.6 is 0 Å². The van der Waals surface area contributed by atoms with Crippen molar-refractivity contribution in [2.75, 3.05) is 16.3 Å². The molecule has 340 valence electrons. The maximum atomic E-state index is 5.03. The first kappa shape index (κ1) is 49.1. The van der Waals surface area contributed by atoms with Crippen molar-refractivity contribution in [2.45, 2.75) is 80.2 Å². The van der Waals surface area contributed by atoms with Crippen LogP contribution in [0.5, 0.6) is 0 Å². The van der Waals surface area contributed by atoms with E-state index in [0.717, 1.165) is 59.6 Å². The second kappa shape index (κ2) is 24.8. The minimum absolute atomic E-state index is 0.221. The average molecular weight is 881 g/mol. The third-order valence-electron chi connectivity index (χ3n) is 12.0. The van der Waals surface area contributed by atoms with Crippen molar-refractivity contribution in [1.29, 1.82) is 0 Å². The number of para-hydroxylation sites is 3. The van der Waals surface area contributed by atoms with E-state index in [1.54, 1.807) is 0 Å². The molecule has 0 bridgehead atoms. The van der Waals surface area contributed by atoms with E-state index in [9.17, 15) is 0 Å². The summed E-state index contributed by atoms with van der Waals surface area (Å²) >= 11 is 0. The molecule has 0 saturated carbocycles. The van der Waals surface area contributed by atoms with Crippen LogP contribution in [-0.2, 0) is 19.4 Å². The van der Waals surface area contributed by atoms with E-state index < -0.39 is 0 Å². The molecule has 0 N–H and O–H groups in total. The summed E-state index contributed by atoms with van der Waals surface area (Å²) in [5.41, 5.74) is 19.1. The van der Waals surface area contributed by atoms with Crippen LogP contribution in [0.25, 0.3) is 11.8 Å². The van der Waals surface area contributed by atoms with E-state index in [1.807, 2.05) is 52.0 Å². The summed E-state index contributed by atoms with van der Waals surface area (Å²) in [4.78, 5) is 14.3. The molecule has 1 atom stereocenters. The highest BCUT2D eigenvalue weighted by molar-refractivity contribution is 6.13. The fourth-order valence-corrected chi connectivity index (χ4v) is 8.64. The Morgan fingerprint density at radius 2 is 1.45 bits per heavy atom. The number of aliphatic imine (C=N–C) groups is 2. The summed E-state index contributed by atoms with van der Waals surface area (Å²) in [5.74, 6) is 0.221. The van der Waals surface area contributed by atoms with Crippen LogP contribution in [0.15, 0.2) is 216 Å². The molecule has 4 heteroatoms. The summed E-state index contributed by atoms with van der Waals surface area (Å²) < 4.78 is 0. The number of fused-ring (bicyclic) bond motifs is 3. The van der Waals surface area contributed by atoms with Gasteiger partial charge in [-0.2, -0.15) is 0 Å². The maximum Gasteiger partial charge on any atom is 0.0717 e. The summed E-state index contributed by atoms with van der Waals surface area (Å²) in [6.07, 6.45) is 20.3. The Bertz CT molecular complexity index is 2730. The van der Waals surface area contributed by atoms with E-state index in [1.165, 1.54) is 56.1 Å². The highest BCUT2D eigenvalue weighted by Crippen LogP contribution is 2.44. The zero-order valence-electron chi connectivity index (χ0n) is 40.8. The predicted molar refractivity (Wildman–Crippen MR) is 294 cm³/mol. The van der Waals surface area contributed by atoms with E-state index >= 15 is 0 Å². The fourth-order valence-electron chi connectivity index (χ4n) is 8.64. The molecule has 1 aliphatic heterocycles. The van der Waals surface area contributed by atoms with Crippen molar-refractivity contribution < 1.29 is 0 Å². The monoisotopic (exact) mass is 881 g/mol. The second-order valence-corrected chi connectivity index (χ2v) is 16.7. The molecule has 0 amide bonds. The molecule has 2 aliphatic rings. The van der Waals surface area contributed by atoms with Gasteiger partial charge in [-0.3, -0.25) is 9.98 Å². The predicted octanol–water partition coefficient (Wildman–Crippen LogP) is 17.3. The number of anilines is 5. The molecule has 6 aromatic carbocycles. The average Bonchev–Trinajstić information content (AvgIpc) is 3.38. The molecule has 1 aliphatic carbocycles. The molecule has 0 saturated heterocycles. The van der Waals surface area contributed by atoms with E-state index in [0.29, 0.717) is 6.54 Å². The van der Waals surface area contributed by atoms with Gasteiger partial charge in [-0.15, -0.1) is 6.58 Å². The zero-order chi connectivity index (χ0) is 47.5. The standard InChI is InChI=1S/C42H47N3.C19H15N.C2H6/c1-8-17-34(10-3)40(44-30-33-18-12-11-13-19-33)29-39(43-7)36-21-16-22-37(28-36)45(27-26-31(4)5)41-25-24-35-20-14-15-23-38(35)42(41)32(6)9-2;1-2-10-17(11-3-1)20-18-12-6-4-8-15(18)14-16-9-5-7-13-19(16)20;1-2/h8-14,16-22,24-26,28-29,32H,2,7,15,23,27,30H2,1,3-6H3;1-13H,14H2;1-2H3/b17-8-,34-10+,39-29-,44-40?;;. The molecule has 4 nitrogen and oxygen atoms in total. The number of benzene rings is 6. The molecule has 0 fully saturated rings. The summed E-state index contributed by atoms with van der Waals surface area (Å²) in [6.45, 7) is 24.1. The molecule has 0 aromatic heterocycles. The smallest absolute Gasteiger partial charge is 0.0717 e. The Morgan fingerprint density at radius 1 is 0.791 bits per heavy atom. The van der Waals surface area contributed by atoms with Crippen molar-refractivity contribution in [1.82, 2.24) is 0 Å². The lowest BCUT2D eigenvalue weighted by molar-refractivity contribution is 0.884. The summed E-state index contributed by atoms with van der Waals surface area (Å²) in [5, 5.41) is 0. The number of nitrogens with zero attached hydrogens (tertiary/aromatic N) is 4. The van der Waals surface area contributed by atoms with Gasteiger partial charge in [0.15, 0.2) is 0 Å². The van der Waals surface area contributed by atoms with Crippen LogP contribution in [0.4, 0.5) is 28.4 Å². The summed E-state index contributed by atoms with van der Waals surface area (Å²) in [7, 11) is 0. The van der Waals surface area contributed by atoms with Crippen LogP contribution in [0.3, 0.4) is 0 Å². The molecular formula is C63H68N4. The molecule has 6 aromatic rings. The van der Waals surface area contributed by atoms with Gasteiger partial charge in [0.1, 0.15) is 0 Å². The highest BCUT2D eigenvalue weighted by atomic mass is 15.2. The molecule has 0 spiro atoms. The van der Waals surface area contributed by atoms with E-state index in [4.69, 9.17) is 4.99 Å². The quantitative estimate of drug-likeness (QED) is 0.0619. The number of hydrogen-bond acceptors (Lipinski definition) is 4. The van der Waals surface area contributed by atoms with Crippen molar-refractivity contribution in [2.24, 2.45) is 9.98 Å². The highest BCUT2D eigenvalue weighted by Gasteiger charge is 2.24. The van der Waals surface area contributed by atoms with Gasteiger partial charge in [-0.25, -0.2) is 0 Å². The topological polar surface area (TPSA) is 31.2 Å². The first-order valence-electron chi connectivity index (χ1n) is 23.9. The number of hydrogen-bond donors (Lipinski definition) is 0. The minimum atomic E-state index is 0.221. The van der Waals surface area contributed by atoms with Crippen molar-refractivity contribution in [3.05, 3.63) is 245 Å². The number of allylic oxidation sites excluding steroid dienone is 8. The van der Waals surface area contributed by atoms with E-state index in [2.05, 4.69) is 219 Å². The molecule has 8 rings (SSSR count). The lowest BCUT2D eigenvalue weighted by atomic mass is 9.85. The van der Waals surface area contributed by atoms with Gasteiger partial charge < -0.3 is 9.80 Å². The van der Waals surface area contributed by atoms with Crippen LogP contribution in [0, 0.1) is 0 Å². The first-order chi connectivity index (χ1) is 32.8. The molecular weight excluding hydrogens is 813 g/mol. The zero-order valence-corrected chi connectivity index (χ0v) is 40.8. The van der Waals surface area contributed by atoms with Gasteiger partial charge in [0.25, 0.3) is 0 Å². The van der Waals surface area contributed by atoms with Gasteiger partial charge in [0.2, 0.25) is 0 Å². The van der Waals surface area contributed by atoms with Crippen LogP contribution in [-0.4, -0.2) is 19.0 Å². The SMILES string of the molecule is C=CC(C)c1c(N(CC=C(C)C)c2cccc(/C(=C/C(=NCc3ccccc3)C(/C=C\C)=C/C)N=C)c2)ccc2c1CCC=C2.CC.c1ccc(N2c3ccccc3Cc3ccccc32)cc1. The Labute approximate surface area is 402 Å². The van der Waals surface area contributed by atoms with Gasteiger partial charge in [-0.1, -0.05) is 172 Å². The molecule has 67 heavy (non-hydrogen) atoms. The van der Waals surface area contributed by atoms with Gasteiger partial charge >= 0.3 is 0 Å². The first-order valence-corrected chi connectivity index (χ1v) is 23.9. The van der Waals surface area contributed by atoms with Crippen molar-refractivity contribution >= 4 is 52.6 Å². The van der Waals surface area contributed by atoms with Gasteiger partial charge in [0, 0.05) is 52.9 Å². The van der Waals surface area contributed by atoms with E-state index in [-0.39, 0.29) is 5.92 Å². The minimum Gasteiger partial charge on any atom is -0.337 e. The molecule has 1 heterocycles. The Balaban J connectivity index is 0.000000276. The van der Waals surface area contributed by atoms with Crippen molar-refractivity contribution in [3.8, 4) is 0 Å². The Morgan fingerprint density at radius 3 is 2.07 bits per heavy atom. The molecule has 0 radical (unpaired) electrons.